The van der Waals surface area contributed by atoms with E-state index in [1.165, 1.54) is 0 Å². The molecule has 3 nitrogen and oxygen atoms in total. The predicted octanol–water partition coefficient (Wildman–Crippen LogP) is 4.94. The first-order chi connectivity index (χ1) is 7.89. The highest BCUT2D eigenvalue weighted by Crippen LogP contribution is 2.35. The van der Waals surface area contributed by atoms with Crippen molar-refractivity contribution in [1.29, 1.82) is 0 Å². The summed E-state index contributed by atoms with van der Waals surface area (Å²) in [6.07, 6.45) is 3.90. The summed E-state index contributed by atoms with van der Waals surface area (Å²) in [5, 5.41) is 3.89. The fraction of sp³-hybridized carbons (Fsp3) is 0.385. The lowest BCUT2D eigenvalue weighted by Gasteiger charge is -2.33. The average molecular weight is 294 g/mol. The highest BCUT2D eigenvalue weighted by Gasteiger charge is 2.36. The van der Waals surface area contributed by atoms with Gasteiger partial charge in [-0.3, -0.25) is 0 Å². The van der Waals surface area contributed by atoms with Gasteiger partial charge in [0.1, 0.15) is 0 Å². The molecule has 0 aliphatic rings. The summed E-state index contributed by atoms with van der Waals surface area (Å²) in [7, 11) is 0. The molecule has 90 valence electrons. The third-order valence-corrected chi connectivity index (χ3v) is 3.66. The van der Waals surface area contributed by atoms with Gasteiger partial charge in [0, 0.05) is 9.24 Å². The maximum atomic E-state index is 8.67. The third kappa shape index (κ3) is 3.62. The molecule has 1 aromatic rings. The van der Waals surface area contributed by atoms with Crippen LogP contribution in [0.25, 0.3) is 16.5 Å². The van der Waals surface area contributed by atoms with Gasteiger partial charge in [-0.1, -0.05) is 63.5 Å². The molecule has 0 saturated heterocycles. The molecule has 0 heterocycles. The van der Waals surface area contributed by atoms with Crippen LogP contribution in [0.2, 0.25) is 0 Å². The lowest BCUT2D eigenvalue weighted by molar-refractivity contribution is 0.470. The van der Waals surface area contributed by atoms with E-state index in [1.807, 2.05) is 63.3 Å². The van der Waals surface area contributed by atoms with Crippen LogP contribution in [-0.4, -0.2) is 9.86 Å². The van der Waals surface area contributed by atoms with Gasteiger partial charge in [-0.15, -0.1) is 0 Å². The molecular weight excluding hydrogens is 278 g/mol. The molecule has 0 aliphatic heterocycles. The first-order valence-corrected chi connectivity index (χ1v) is 6.18. The van der Waals surface area contributed by atoms with E-state index in [1.54, 1.807) is 0 Å². The van der Waals surface area contributed by atoms with Crippen LogP contribution in [0.1, 0.15) is 26.3 Å². The third-order valence-electron chi connectivity index (χ3n) is 2.86. The lowest BCUT2D eigenvalue weighted by Crippen LogP contribution is -2.38. The monoisotopic (exact) mass is 293 g/mol. The van der Waals surface area contributed by atoms with E-state index in [9.17, 15) is 0 Å². The van der Waals surface area contributed by atoms with Crippen LogP contribution in [0, 0.1) is 0 Å². The Morgan fingerprint density at radius 2 is 1.82 bits per heavy atom. The van der Waals surface area contributed by atoms with Crippen molar-refractivity contribution in [3.63, 3.8) is 0 Å². The van der Waals surface area contributed by atoms with Gasteiger partial charge < -0.3 is 0 Å². The topological polar surface area (TPSA) is 48.8 Å². The first-order valence-electron chi connectivity index (χ1n) is 5.38. The van der Waals surface area contributed by atoms with E-state index in [-0.39, 0.29) is 4.32 Å². The van der Waals surface area contributed by atoms with Crippen LogP contribution in [0.5, 0.6) is 0 Å². The SMILES string of the molecule is CC(C)(Br)C(C)(/C=C/c1ccccc1)N=[N+]=[N-]. The fourth-order valence-electron chi connectivity index (χ4n) is 1.27. The number of nitrogens with zero attached hydrogens (tertiary/aromatic N) is 3. The Labute approximate surface area is 110 Å². The van der Waals surface area contributed by atoms with Crippen molar-refractivity contribution in [2.45, 2.75) is 30.6 Å². The molecule has 17 heavy (non-hydrogen) atoms. The molecular formula is C13H16BrN3. The second-order valence-corrected chi connectivity index (χ2v) is 6.54. The van der Waals surface area contributed by atoms with Crippen molar-refractivity contribution in [2.75, 3.05) is 0 Å². The van der Waals surface area contributed by atoms with E-state index >= 15 is 0 Å². The molecule has 1 unspecified atom stereocenters. The Balaban J connectivity index is 3.04. The zero-order chi connectivity index (χ0) is 12.9. The number of hydrogen-bond acceptors (Lipinski definition) is 1. The molecule has 1 aromatic carbocycles. The molecule has 0 aliphatic carbocycles. The van der Waals surface area contributed by atoms with Crippen molar-refractivity contribution < 1.29 is 0 Å². The largest absolute Gasteiger partial charge is 0.0849 e. The van der Waals surface area contributed by atoms with Crippen molar-refractivity contribution >= 4 is 22.0 Å². The van der Waals surface area contributed by atoms with Crippen LogP contribution in [0.4, 0.5) is 0 Å². The number of azide groups is 1. The van der Waals surface area contributed by atoms with E-state index in [2.05, 4.69) is 26.0 Å². The van der Waals surface area contributed by atoms with Crippen LogP contribution in [-0.2, 0) is 0 Å². The zero-order valence-corrected chi connectivity index (χ0v) is 11.8. The quantitative estimate of drug-likeness (QED) is 0.327. The number of alkyl halides is 1. The molecule has 1 rings (SSSR count). The minimum atomic E-state index is -0.614. The second kappa shape index (κ2) is 5.39. The number of halogens is 1. The zero-order valence-electron chi connectivity index (χ0n) is 10.3. The van der Waals surface area contributed by atoms with Gasteiger partial charge in [0.2, 0.25) is 0 Å². The van der Waals surface area contributed by atoms with E-state index in [4.69, 9.17) is 5.53 Å². The maximum absolute atomic E-state index is 8.67. The van der Waals surface area contributed by atoms with Gasteiger partial charge in [0.25, 0.3) is 0 Å². The summed E-state index contributed by atoms with van der Waals surface area (Å²) in [6, 6.07) is 9.94. The fourth-order valence-corrected chi connectivity index (χ4v) is 1.48. The summed E-state index contributed by atoms with van der Waals surface area (Å²) in [5.41, 5.74) is 9.14. The molecule has 4 heteroatoms. The Hall–Kier alpha value is -1.25. The molecule has 0 fully saturated rings. The second-order valence-electron chi connectivity index (χ2n) is 4.55. The van der Waals surface area contributed by atoms with Crippen LogP contribution < -0.4 is 0 Å². The molecule has 0 aromatic heterocycles. The standard InChI is InChI=1S/C13H16BrN3/c1-12(2,14)13(3,16-17-15)10-9-11-7-5-4-6-8-11/h4-10H,1-3H3/b10-9+. The van der Waals surface area contributed by atoms with E-state index in [0.717, 1.165) is 5.56 Å². The van der Waals surface area contributed by atoms with Crippen LogP contribution in [0.15, 0.2) is 41.5 Å². The minimum absolute atomic E-state index is 0.308. The van der Waals surface area contributed by atoms with E-state index in [0.29, 0.717) is 0 Å². The summed E-state index contributed by atoms with van der Waals surface area (Å²) in [5.74, 6) is 0. The first kappa shape index (κ1) is 13.8. The van der Waals surface area contributed by atoms with Crippen LogP contribution >= 0.6 is 15.9 Å². The predicted molar refractivity (Wildman–Crippen MR) is 76.0 cm³/mol. The lowest BCUT2D eigenvalue weighted by atomic mass is 9.88. The highest BCUT2D eigenvalue weighted by molar-refractivity contribution is 9.10. The van der Waals surface area contributed by atoms with Crippen molar-refractivity contribution in [3.05, 3.63) is 52.4 Å². The number of hydrogen-bond donors (Lipinski definition) is 0. The van der Waals surface area contributed by atoms with Crippen molar-refractivity contribution in [1.82, 2.24) is 0 Å². The Morgan fingerprint density at radius 3 is 2.29 bits per heavy atom. The molecule has 0 N–H and O–H groups in total. The van der Waals surface area contributed by atoms with E-state index < -0.39 is 5.54 Å². The summed E-state index contributed by atoms with van der Waals surface area (Å²) >= 11 is 3.56. The Kier molecular flexibility index (Phi) is 4.38. The molecule has 0 bridgehead atoms. The Morgan fingerprint density at radius 1 is 1.24 bits per heavy atom. The van der Waals surface area contributed by atoms with Crippen molar-refractivity contribution in [3.8, 4) is 0 Å². The average Bonchev–Trinajstić information content (AvgIpc) is 2.27. The van der Waals surface area contributed by atoms with Gasteiger partial charge in [0.05, 0.1) is 5.54 Å². The number of rotatable bonds is 4. The molecule has 1 atom stereocenters. The van der Waals surface area contributed by atoms with Gasteiger partial charge in [-0.2, -0.15) is 0 Å². The van der Waals surface area contributed by atoms with Crippen molar-refractivity contribution in [2.24, 2.45) is 5.11 Å². The molecule has 0 spiro atoms. The smallest absolute Gasteiger partial charge is 0.0790 e. The summed E-state index contributed by atoms with van der Waals surface area (Å²) in [4.78, 5) is 2.93. The minimum Gasteiger partial charge on any atom is -0.0849 e. The summed E-state index contributed by atoms with van der Waals surface area (Å²) in [6.45, 7) is 5.87. The van der Waals surface area contributed by atoms with Gasteiger partial charge in [0.15, 0.2) is 0 Å². The van der Waals surface area contributed by atoms with Gasteiger partial charge in [-0.05, 0) is 31.9 Å². The maximum Gasteiger partial charge on any atom is 0.0790 e. The Bertz CT molecular complexity index is 441. The molecule has 0 amide bonds. The van der Waals surface area contributed by atoms with Crippen LogP contribution in [0.3, 0.4) is 0 Å². The normalized spacial score (nSPS) is 15.3. The molecule has 0 saturated carbocycles. The van der Waals surface area contributed by atoms with Gasteiger partial charge in [-0.25, -0.2) is 0 Å². The number of benzene rings is 1. The summed E-state index contributed by atoms with van der Waals surface area (Å²) < 4.78 is -0.308. The highest BCUT2D eigenvalue weighted by atomic mass is 79.9. The van der Waals surface area contributed by atoms with Gasteiger partial charge >= 0.3 is 0 Å². The molecule has 0 radical (unpaired) electrons.